The fourth-order valence-electron chi connectivity index (χ4n) is 1.92. The molecule has 3 heteroatoms. The van der Waals surface area contributed by atoms with Crippen molar-refractivity contribution >= 4 is 0 Å². The Morgan fingerprint density at radius 1 is 1.20 bits per heavy atom. The Hall–Kier alpha value is -2.34. The SMILES string of the molecule is Cc1c(C#N)cc(C(C)C)cc1Oc1cccc(F)c1. The minimum absolute atomic E-state index is 0.289. The largest absolute Gasteiger partial charge is 0.457 e. The third kappa shape index (κ3) is 2.97. The highest BCUT2D eigenvalue weighted by atomic mass is 19.1. The zero-order valence-corrected chi connectivity index (χ0v) is 11.8. The number of nitrogens with zero attached hydrogens (tertiary/aromatic N) is 1. The van der Waals surface area contributed by atoms with E-state index in [2.05, 4.69) is 19.9 Å². The average molecular weight is 269 g/mol. The van der Waals surface area contributed by atoms with Gasteiger partial charge in [-0.2, -0.15) is 5.26 Å². The number of nitriles is 1. The normalized spacial score (nSPS) is 10.4. The lowest BCUT2D eigenvalue weighted by Crippen LogP contribution is -1.96. The summed E-state index contributed by atoms with van der Waals surface area (Å²) < 4.78 is 18.9. The van der Waals surface area contributed by atoms with Gasteiger partial charge in [-0.15, -0.1) is 0 Å². The van der Waals surface area contributed by atoms with Crippen LogP contribution in [0.2, 0.25) is 0 Å². The molecule has 0 aliphatic rings. The van der Waals surface area contributed by atoms with Gasteiger partial charge in [0.2, 0.25) is 0 Å². The van der Waals surface area contributed by atoms with Crippen LogP contribution in [-0.2, 0) is 0 Å². The molecule has 0 N–H and O–H groups in total. The molecule has 0 fully saturated rings. The molecule has 0 radical (unpaired) electrons. The van der Waals surface area contributed by atoms with Gasteiger partial charge in [-0.25, -0.2) is 4.39 Å². The maximum absolute atomic E-state index is 13.2. The molecule has 0 aliphatic heterocycles. The van der Waals surface area contributed by atoms with E-state index >= 15 is 0 Å². The fourth-order valence-corrected chi connectivity index (χ4v) is 1.92. The van der Waals surface area contributed by atoms with Crippen LogP contribution in [0.4, 0.5) is 4.39 Å². The van der Waals surface area contributed by atoms with Crippen LogP contribution >= 0.6 is 0 Å². The zero-order chi connectivity index (χ0) is 14.7. The van der Waals surface area contributed by atoms with Gasteiger partial charge in [0.25, 0.3) is 0 Å². The average Bonchev–Trinajstić information content (AvgIpc) is 2.41. The van der Waals surface area contributed by atoms with Crippen molar-refractivity contribution in [3.63, 3.8) is 0 Å². The van der Waals surface area contributed by atoms with Crippen molar-refractivity contribution in [2.45, 2.75) is 26.7 Å². The summed E-state index contributed by atoms with van der Waals surface area (Å²) in [6.45, 7) is 5.94. The highest BCUT2D eigenvalue weighted by Gasteiger charge is 2.11. The van der Waals surface area contributed by atoms with Crippen molar-refractivity contribution in [2.75, 3.05) is 0 Å². The molecule has 2 nitrogen and oxygen atoms in total. The van der Waals surface area contributed by atoms with E-state index in [-0.39, 0.29) is 11.7 Å². The predicted octanol–water partition coefficient (Wildman–Crippen LogP) is 4.92. The van der Waals surface area contributed by atoms with Crippen LogP contribution in [0.3, 0.4) is 0 Å². The first-order chi connectivity index (χ1) is 9.51. The molecule has 0 heterocycles. The standard InChI is InChI=1S/C17H16FNO/c1-11(2)13-7-14(10-19)12(3)17(8-13)20-16-6-4-5-15(18)9-16/h4-9,11H,1-3H3. The predicted molar refractivity (Wildman–Crippen MR) is 76.5 cm³/mol. The minimum Gasteiger partial charge on any atom is -0.457 e. The number of halogens is 1. The molecule has 0 aliphatic carbocycles. The van der Waals surface area contributed by atoms with Crippen molar-refractivity contribution in [3.05, 3.63) is 58.9 Å². The lowest BCUT2D eigenvalue weighted by molar-refractivity contribution is 0.472. The number of hydrogen-bond acceptors (Lipinski definition) is 2. The van der Waals surface area contributed by atoms with Crippen LogP contribution in [0.25, 0.3) is 0 Å². The molecule has 0 saturated heterocycles. The number of hydrogen-bond donors (Lipinski definition) is 0. The van der Waals surface area contributed by atoms with Gasteiger partial charge in [-0.05, 0) is 42.7 Å². The Kier molecular flexibility index (Phi) is 4.05. The van der Waals surface area contributed by atoms with E-state index in [1.807, 2.05) is 19.1 Å². The third-order valence-electron chi connectivity index (χ3n) is 3.19. The number of ether oxygens (including phenoxy) is 1. The maximum atomic E-state index is 13.2. The van der Waals surface area contributed by atoms with Crippen LogP contribution in [0, 0.1) is 24.1 Å². The lowest BCUT2D eigenvalue weighted by Gasteiger charge is -2.14. The molecular formula is C17H16FNO. The Morgan fingerprint density at radius 2 is 1.95 bits per heavy atom. The van der Waals surface area contributed by atoms with Crippen LogP contribution in [0.5, 0.6) is 11.5 Å². The highest BCUT2D eigenvalue weighted by molar-refractivity contribution is 5.50. The van der Waals surface area contributed by atoms with Gasteiger partial charge in [-0.3, -0.25) is 0 Å². The number of rotatable bonds is 3. The van der Waals surface area contributed by atoms with Crippen molar-refractivity contribution in [1.82, 2.24) is 0 Å². The van der Waals surface area contributed by atoms with Crippen LogP contribution in [0.1, 0.15) is 36.5 Å². The van der Waals surface area contributed by atoms with Gasteiger partial charge < -0.3 is 4.74 Å². The molecule has 2 rings (SSSR count). The second-order valence-electron chi connectivity index (χ2n) is 5.02. The molecule has 0 amide bonds. The Balaban J connectivity index is 2.45. The monoisotopic (exact) mass is 269 g/mol. The highest BCUT2D eigenvalue weighted by Crippen LogP contribution is 2.31. The summed E-state index contributed by atoms with van der Waals surface area (Å²) in [5, 5.41) is 9.19. The zero-order valence-electron chi connectivity index (χ0n) is 11.8. The molecule has 0 unspecified atom stereocenters. The van der Waals surface area contributed by atoms with Gasteiger partial charge in [0.1, 0.15) is 17.3 Å². The van der Waals surface area contributed by atoms with E-state index < -0.39 is 0 Å². The summed E-state index contributed by atoms with van der Waals surface area (Å²) in [5.41, 5.74) is 2.38. The topological polar surface area (TPSA) is 33.0 Å². The van der Waals surface area contributed by atoms with E-state index in [0.717, 1.165) is 11.1 Å². The molecule has 0 saturated carbocycles. The van der Waals surface area contributed by atoms with E-state index in [0.29, 0.717) is 17.1 Å². The molecule has 0 spiro atoms. The molecule has 2 aromatic rings. The fraction of sp³-hybridized carbons (Fsp3) is 0.235. The van der Waals surface area contributed by atoms with Gasteiger partial charge in [0, 0.05) is 11.6 Å². The van der Waals surface area contributed by atoms with Gasteiger partial charge in [-0.1, -0.05) is 19.9 Å². The van der Waals surface area contributed by atoms with Crippen LogP contribution in [0.15, 0.2) is 36.4 Å². The van der Waals surface area contributed by atoms with Crippen molar-refractivity contribution in [2.24, 2.45) is 0 Å². The van der Waals surface area contributed by atoms with Gasteiger partial charge in [0.15, 0.2) is 0 Å². The molecule has 102 valence electrons. The van der Waals surface area contributed by atoms with E-state index in [9.17, 15) is 9.65 Å². The Bertz CT molecular complexity index is 671. The van der Waals surface area contributed by atoms with Crippen molar-refractivity contribution in [1.29, 1.82) is 5.26 Å². The third-order valence-corrected chi connectivity index (χ3v) is 3.19. The van der Waals surface area contributed by atoms with Gasteiger partial charge >= 0.3 is 0 Å². The summed E-state index contributed by atoms with van der Waals surface area (Å²) >= 11 is 0. The summed E-state index contributed by atoms with van der Waals surface area (Å²) in [5.74, 6) is 0.967. The Morgan fingerprint density at radius 3 is 2.55 bits per heavy atom. The minimum atomic E-state index is -0.347. The smallest absolute Gasteiger partial charge is 0.131 e. The van der Waals surface area contributed by atoms with Crippen LogP contribution in [-0.4, -0.2) is 0 Å². The molecular weight excluding hydrogens is 253 g/mol. The van der Waals surface area contributed by atoms with E-state index in [4.69, 9.17) is 4.74 Å². The van der Waals surface area contributed by atoms with Crippen molar-refractivity contribution in [3.8, 4) is 17.6 Å². The summed E-state index contributed by atoms with van der Waals surface area (Å²) in [7, 11) is 0. The first-order valence-corrected chi connectivity index (χ1v) is 6.49. The number of benzene rings is 2. The second-order valence-corrected chi connectivity index (χ2v) is 5.02. The molecule has 0 aromatic heterocycles. The summed E-state index contributed by atoms with van der Waals surface area (Å²) in [6.07, 6.45) is 0. The van der Waals surface area contributed by atoms with E-state index in [1.165, 1.54) is 12.1 Å². The first-order valence-electron chi connectivity index (χ1n) is 6.49. The summed E-state index contributed by atoms with van der Waals surface area (Å²) in [6, 6.07) is 11.9. The second kappa shape index (κ2) is 5.75. The van der Waals surface area contributed by atoms with Crippen molar-refractivity contribution < 1.29 is 9.13 Å². The quantitative estimate of drug-likeness (QED) is 0.792. The van der Waals surface area contributed by atoms with Crippen LogP contribution < -0.4 is 4.74 Å². The maximum Gasteiger partial charge on any atom is 0.131 e. The molecule has 20 heavy (non-hydrogen) atoms. The molecule has 0 bridgehead atoms. The van der Waals surface area contributed by atoms with E-state index in [1.54, 1.807) is 12.1 Å². The van der Waals surface area contributed by atoms with Gasteiger partial charge in [0.05, 0.1) is 11.6 Å². The molecule has 2 aromatic carbocycles. The Labute approximate surface area is 118 Å². The summed E-state index contributed by atoms with van der Waals surface area (Å²) in [4.78, 5) is 0. The molecule has 0 atom stereocenters. The lowest BCUT2D eigenvalue weighted by atomic mass is 9.97. The first kappa shape index (κ1) is 14.1.